The van der Waals surface area contributed by atoms with Crippen LogP contribution in [0.15, 0.2) is 24.3 Å². The van der Waals surface area contributed by atoms with E-state index in [1.54, 1.807) is 0 Å². The highest BCUT2D eigenvalue weighted by molar-refractivity contribution is 5.93. The van der Waals surface area contributed by atoms with E-state index in [4.69, 9.17) is 0 Å². The lowest BCUT2D eigenvalue weighted by molar-refractivity contribution is 0.175. The van der Waals surface area contributed by atoms with Crippen molar-refractivity contribution in [1.82, 2.24) is 10.2 Å². The molecule has 1 aromatic rings. The number of urea groups is 1. The highest BCUT2D eigenvalue weighted by Crippen LogP contribution is 2.26. The molecule has 0 bridgehead atoms. The Balaban J connectivity index is 1.86. The van der Waals surface area contributed by atoms with Crippen LogP contribution in [0.5, 0.6) is 0 Å². The van der Waals surface area contributed by atoms with E-state index in [9.17, 15) is 4.79 Å². The second kappa shape index (κ2) is 6.06. The van der Waals surface area contributed by atoms with Crippen LogP contribution in [-0.4, -0.2) is 36.6 Å². The fourth-order valence-corrected chi connectivity index (χ4v) is 3.36. The van der Waals surface area contributed by atoms with Crippen LogP contribution in [0.1, 0.15) is 32.3 Å². The van der Waals surface area contributed by atoms with E-state index in [-0.39, 0.29) is 6.03 Å². The molecule has 1 fully saturated rings. The van der Waals surface area contributed by atoms with Gasteiger partial charge in [-0.15, -0.1) is 0 Å². The summed E-state index contributed by atoms with van der Waals surface area (Å²) < 4.78 is 0. The van der Waals surface area contributed by atoms with Gasteiger partial charge in [0.2, 0.25) is 0 Å². The number of hydrogen-bond acceptors (Lipinski definition) is 2. The van der Waals surface area contributed by atoms with Crippen LogP contribution in [0.3, 0.4) is 0 Å². The monoisotopic (exact) mass is 287 g/mol. The predicted octanol–water partition coefficient (Wildman–Crippen LogP) is 2.84. The fraction of sp³-hybridized carbons (Fsp3) is 0.588. The lowest BCUT2D eigenvalue weighted by Crippen LogP contribution is -2.50. The standard InChI is InChI=1S/C17H25N3O/c1-13-6-5-9-19(11-13)17(21)20-12-14(2)18-10-15-7-3-4-8-16(15)20/h3-4,7-8,13-14,18H,5-6,9-12H2,1-2H3. The van der Waals surface area contributed by atoms with Crippen molar-refractivity contribution in [3.05, 3.63) is 29.8 Å². The molecular formula is C17H25N3O. The first-order valence-electron chi connectivity index (χ1n) is 8.03. The smallest absolute Gasteiger partial charge is 0.324 e. The van der Waals surface area contributed by atoms with Crippen molar-refractivity contribution < 1.29 is 4.79 Å². The van der Waals surface area contributed by atoms with Crippen molar-refractivity contribution in [3.8, 4) is 0 Å². The third-order valence-electron chi connectivity index (χ3n) is 4.54. The minimum atomic E-state index is 0.171. The Morgan fingerprint density at radius 1 is 1.24 bits per heavy atom. The second-order valence-electron chi connectivity index (χ2n) is 6.50. The van der Waals surface area contributed by atoms with Gasteiger partial charge in [0.05, 0.1) is 0 Å². The molecule has 114 valence electrons. The maximum absolute atomic E-state index is 13.0. The molecule has 1 saturated heterocycles. The van der Waals surface area contributed by atoms with Gasteiger partial charge >= 0.3 is 6.03 Å². The summed E-state index contributed by atoms with van der Waals surface area (Å²) in [5.74, 6) is 0.612. The molecule has 0 radical (unpaired) electrons. The lowest BCUT2D eigenvalue weighted by Gasteiger charge is -2.36. The van der Waals surface area contributed by atoms with Gasteiger partial charge in [0.1, 0.15) is 0 Å². The molecule has 2 unspecified atom stereocenters. The van der Waals surface area contributed by atoms with Crippen LogP contribution in [0.4, 0.5) is 10.5 Å². The molecule has 0 saturated carbocycles. The van der Waals surface area contributed by atoms with Crippen LogP contribution in [0, 0.1) is 5.92 Å². The molecule has 4 heteroatoms. The average Bonchev–Trinajstić information content (AvgIpc) is 2.66. The van der Waals surface area contributed by atoms with Crippen LogP contribution in [0.2, 0.25) is 0 Å². The van der Waals surface area contributed by atoms with E-state index in [0.717, 1.165) is 38.3 Å². The number of rotatable bonds is 0. The van der Waals surface area contributed by atoms with Gasteiger partial charge in [-0.1, -0.05) is 25.1 Å². The molecule has 0 aromatic heterocycles. The summed E-state index contributed by atoms with van der Waals surface area (Å²) in [4.78, 5) is 17.0. The van der Waals surface area contributed by atoms with E-state index in [0.29, 0.717) is 12.0 Å². The minimum Gasteiger partial charge on any atom is -0.324 e. The highest BCUT2D eigenvalue weighted by Gasteiger charge is 2.29. The van der Waals surface area contributed by atoms with Crippen LogP contribution in [-0.2, 0) is 6.54 Å². The van der Waals surface area contributed by atoms with Gasteiger partial charge in [-0.3, -0.25) is 4.90 Å². The zero-order valence-electron chi connectivity index (χ0n) is 13.0. The zero-order chi connectivity index (χ0) is 14.8. The topological polar surface area (TPSA) is 35.6 Å². The minimum absolute atomic E-state index is 0.171. The SMILES string of the molecule is CC1CCCN(C(=O)N2CC(C)NCc3ccccc32)C1. The molecule has 21 heavy (non-hydrogen) atoms. The van der Waals surface area contributed by atoms with Crippen LogP contribution >= 0.6 is 0 Å². The van der Waals surface area contributed by atoms with Gasteiger partial charge in [-0.25, -0.2) is 4.79 Å². The van der Waals surface area contributed by atoms with Crippen LogP contribution < -0.4 is 10.2 Å². The quantitative estimate of drug-likeness (QED) is 0.796. The molecular weight excluding hydrogens is 262 g/mol. The van der Waals surface area contributed by atoms with E-state index in [1.807, 2.05) is 21.9 Å². The summed E-state index contributed by atoms with van der Waals surface area (Å²) in [7, 11) is 0. The molecule has 0 spiro atoms. The number of fused-ring (bicyclic) bond motifs is 1. The van der Waals surface area contributed by atoms with Crippen molar-refractivity contribution in [1.29, 1.82) is 0 Å². The summed E-state index contributed by atoms with van der Waals surface area (Å²) in [5, 5.41) is 3.48. The molecule has 2 atom stereocenters. The van der Waals surface area contributed by atoms with E-state index < -0.39 is 0 Å². The summed E-state index contributed by atoms with van der Waals surface area (Å²) >= 11 is 0. The third kappa shape index (κ3) is 3.05. The van der Waals surface area contributed by atoms with Crippen molar-refractivity contribution in [2.75, 3.05) is 24.5 Å². The van der Waals surface area contributed by atoms with E-state index >= 15 is 0 Å². The zero-order valence-corrected chi connectivity index (χ0v) is 13.0. The summed E-state index contributed by atoms with van der Waals surface area (Å²) in [5.41, 5.74) is 2.28. The Labute approximate surface area is 127 Å². The molecule has 2 amide bonds. The van der Waals surface area contributed by atoms with E-state index in [2.05, 4.69) is 31.3 Å². The first kappa shape index (κ1) is 14.4. The second-order valence-corrected chi connectivity index (χ2v) is 6.50. The first-order chi connectivity index (χ1) is 10.1. The molecule has 2 aliphatic rings. The Hall–Kier alpha value is -1.55. The normalized spacial score (nSPS) is 26.2. The number of nitrogens with one attached hydrogen (secondary N) is 1. The molecule has 0 aliphatic carbocycles. The number of carbonyl (C=O) groups excluding carboxylic acids is 1. The Kier molecular flexibility index (Phi) is 4.15. The summed E-state index contributed by atoms with van der Waals surface area (Å²) in [6.45, 7) is 7.73. The first-order valence-corrected chi connectivity index (χ1v) is 8.03. The third-order valence-corrected chi connectivity index (χ3v) is 4.54. The van der Waals surface area contributed by atoms with Gasteiger partial charge in [-0.05, 0) is 37.3 Å². The number of hydrogen-bond donors (Lipinski definition) is 1. The summed E-state index contributed by atoms with van der Waals surface area (Å²) in [6, 6.07) is 8.73. The van der Waals surface area contributed by atoms with Crippen molar-refractivity contribution in [2.24, 2.45) is 5.92 Å². The number of carbonyl (C=O) groups is 1. The maximum atomic E-state index is 13.0. The number of anilines is 1. The van der Waals surface area contributed by atoms with Crippen LogP contribution in [0.25, 0.3) is 0 Å². The fourth-order valence-electron chi connectivity index (χ4n) is 3.36. The Morgan fingerprint density at radius 3 is 2.86 bits per heavy atom. The predicted molar refractivity (Wildman–Crippen MR) is 85.5 cm³/mol. The van der Waals surface area contributed by atoms with Crippen molar-refractivity contribution in [3.63, 3.8) is 0 Å². The molecule has 2 heterocycles. The maximum Gasteiger partial charge on any atom is 0.324 e. The van der Waals surface area contributed by atoms with E-state index in [1.165, 1.54) is 12.0 Å². The molecule has 4 nitrogen and oxygen atoms in total. The van der Waals surface area contributed by atoms with Gasteiger partial charge < -0.3 is 10.2 Å². The largest absolute Gasteiger partial charge is 0.324 e. The molecule has 1 N–H and O–H groups in total. The Bertz CT molecular complexity index is 517. The number of nitrogens with zero attached hydrogens (tertiary/aromatic N) is 2. The number of piperidine rings is 1. The summed E-state index contributed by atoms with van der Waals surface area (Å²) in [6.07, 6.45) is 2.36. The average molecular weight is 287 g/mol. The molecule has 2 aliphatic heterocycles. The highest BCUT2D eigenvalue weighted by atomic mass is 16.2. The number of para-hydroxylation sites is 1. The van der Waals surface area contributed by atoms with Crippen molar-refractivity contribution in [2.45, 2.75) is 39.3 Å². The van der Waals surface area contributed by atoms with Gasteiger partial charge in [0.25, 0.3) is 0 Å². The molecule has 3 rings (SSSR count). The molecule has 1 aromatic carbocycles. The number of likely N-dealkylation sites (tertiary alicyclic amines) is 1. The number of benzene rings is 1. The van der Waals surface area contributed by atoms with Gasteiger partial charge in [0, 0.05) is 37.9 Å². The van der Waals surface area contributed by atoms with Gasteiger partial charge in [0.15, 0.2) is 0 Å². The van der Waals surface area contributed by atoms with Gasteiger partial charge in [-0.2, -0.15) is 0 Å². The van der Waals surface area contributed by atoms with Crippen molar-refractivity contribution >= 4 is 11.7 Å². The Morgan fingerprint density at radius 2 is 2.05 bits per heavy atom. The lowest BCUT2D eigenvalue weighted by atomic mass is 10.0. The number of amides is 2.